The van der Waals surface area contributed by atoms with Gasteiger partial charge in [-0.15, -0.1) is 0 Å². The molecule has 0 aliphatic carbocycles. The highest BCUT2D eigenvalue weighted by Gasteiger charge is 2.12. The van der Waals surface area contributed by atoms with Crippen LogP contribution in [0.25, 0.3) is 5.69 Å². The molecule has 1 aromatic heterocycles. The maximum Gasteiger partial charge on any atom is 0.342 e. The number of carbonyl (C=O) groups is 1. The van der Waals surface area contributed by atoms with Gasteiger partial charge < -0.3 is 5.11 Å². The lowest BCUT2D eigenvalue weighted by Gasteiger charge is -2.05. The number of hydrogen-bond acceptors (Lipinski definition) is 3. The molecule has 0 saturated heterocycles. The van der Waals surface area contributed by atoms with E-state index in [1.54, 1.807) is 0 Å². The van der Waals surface area contributed by atoms with E-state index in [1.807, 2.05) is 4.98 Å². The Bertz CT molecular complexity index is 732. The van der Waals surface area contributed by atoms with E-state index in [0.29, 0.717) is 0 Å². The molecule has 1 aromatic carbocycles. The summed E-state index contributed by atoms with van der Waals surface area (Å²) < 4.78 is 13.9. The van der Waals surface area contributed by atoms with Gasteiger partial charge in [-0.2, -0.15) is 0 Å². The van der Waals surface area contributed by atoms with Crippen LogP contribution in [0, 0.1) is 5.82 Å². The fraction of sp³-hybridized carbons (Fsp3) is 0. The SMILES string of the molecule is O=C(O)c1cn(-c2cccc(F)c2)c(=O)[nH]c1=O. The van der Waals surface area contributed by atoms with Gasteiger partial charge in [0.15, 0.2) is 0 Å². The summed E-state index contributed by atoms with van der Waals surface area (Å²) in [5.74, 6) is -2.05. The fourth-order valence-electron chi connectivity index (χ4n) is 1.44. The minimum atomic E-state index is -1.47. The second-order valence-corrected chi connectivity index (χ2v) is 3.46. The minimum absolute atomic E-state index is 0.124. The maximum atomic E-state index is 13.0. The quantitative estimate of drug-likeness (QED) is 0.805. The van der Waals surface area contributed by atoms with Gasteiger partial charge in [-0.05, 0) is 18.2 Å². The predicted molar refractivity (Wildman–Crippen MR) is 59.6 cm³/mol. The van der Waals surface area contributed by atoms with Gasteiger partial charge in [0.1, 0.15) is 11.4 Å². The van der Waals surface area contributed by atoms with Crippen molar-refractivity contribution in [3.05, 3.63) is 62.7 Å². The molecule has 0 amide bonds. The highest BCUT2D eigenvalue weighted by Crippen LogP contribution is 2.07. The molecule has 6 nitrogen and oxygen atoms in total. The lowest BCUT2D eigenvalue weighted by atomic mass is 10.3. The highest BCUT2D eigenvalue weighted by atomic mass is 19.1. The van der Waals surface area contributed by atoms with Crippen molar-refractivity contribution in [1.29, 1.82) is 0 Å². The van der Waals surface area contributed by atoms with E-state index in [0.717, 1.165) is 16.8 Å². The Balaban J connectivity index is 2.72. The Morgan fingerprint density at radius 3 is 2.67 bits per heavy atom. The van der Waals surface area contributed by atoms with E-state index in [9.17, 15) is 18.8 Å². The number of aromatic nitrogens is 2. The zero-order chi connectivity index (χ0) is 13.3. The van der Waals surface area contributed by atoms with Crippen LogP contribution in [0.3, 0.4) is 0 Å². The molecule has 92 valence electrons. The number of carboxylic acids is 1. The molecule has 0 unspecified atom stereocenters. The summed E-state index contributed by atoms with van der Waals surface area (Å²) in [6, 6.07) is 5.00. The third-order valence-corrected chi connectivity index (χ3v) is 2.26. The van der Waals surface area contributed by atoms with E-state index in [2.05, 4.69) is 0 Å². The molecular formula is C11H7FN2O4. The van der Waals surface area contributed by atoms with Gasteiger partial charge in [0, 0.05) is 6.20 Å². The first-order valence-corrected chi connectivity index (χ1v) is 4.84. The van der Waals surface area contributed by atoms with Gasteiger partial charge in [-0.25, -0.2) is 14.0 Å². The number of H-pyrrole nitrogens is 1. The van der Waals surface area contributed by atoms with Gasteiger partial charge >= 0.3 is 11.7 Å². The third-order valence-electron chi connectivity index (χ3n) is 2.26. The number of nitrogens with one attached hydrogen (secondary N) is 1. The van der Waals surface area contributed by atoms with Crippen LogP contribution in [0.2, 0.25) is 0 Å². The number of halogens is 1. The Kier molecular flexibility index (Phi) is 2.80. The Hall–Kier alpha value is -2.70. The topological polar surface area (TPSA) is 92.2 Å². The molecule has 18 heavy (non-hydrogen) atoms. The fourth-order valence-corrected chi connectivity index (χ4v) is 1.44. The third kappa shape index (κ3) is 2.05. The number of carboxylic acid groups (broad SMARTS) is 1. The molecule has 0 bridgehead atoms. The molecule has 0 fully saturated rings. The average Bonchev–Trinajstić information content (AvgIpc) is 2.28. The van der Waals surface area contributed by atoms with Crippen molar-refractivity contribution in [2.45, 2.75) is 0 Å². The zero-order valence-electron chi connectivity index (χ0n) is 8.88. The summed E-state index contributed by atoms with van der Waals surface area (Å²) in [5.41, 5.74) is -2.31. The Morgan fingerprint density at radius 2 is 2.06 bits per heavy atom. The molecule has 0 spiro atoms. The van der Waals surface area contributed by atoms with Gasteiger partial charge in [0.05, 0.1) is 5.69 Å². The first-order chi connectivity index (χ1) is 8.49. The zero-order valence-corrected chi connectivity index (χ0v) is 8.88. The minimum Gasteiger partial charge on any atom is -0.477 e. The molecule has 2 N–H and O–H groups in total. The number of benzene rings is 1. The van der Waals surface area contributed by atoms with Crippen molar-refractivity contribution in [1.82, 2.24) is 9.55 Å². The number of rotatable bonds is 2. The van der Waals surface area contributed by atoms with Crippen molar-refractivity contribution in [2.75, 3.05) is 0 Å². The number of aromatic carboxylic acids is 1. The van der Waals surface area contributed by atoms with Crippen LogP contribution < -0.4 is 11.2 Å². The second kappa shape index (κ2) is 4.28. The summed E-state index contributed by atoms with van der Waals surface area (Å²) >= 11 is 0. The summed E-state index contributed by atoms with van der Waals surface area (Å²) in [7, 11) is 0. The van der Waals surface area contributed by atoms with E-state index < -0.39 is 28.6 Å². The molecule has 2 aromatic rings. The number of hydrogen-bond donors (Lipinski definition) is 2. The van der Waals surface area contributed by atoms with Crippen molar-refractivity contribution < 1.29 is 14.3 Å². The standard InChI is InChI=1S/C11H7FN2O4/c12-6-2-1-3-7(4-6)14-5-8(10(16)17)9(15)13-11(14)18/h1-5H,(H,16,17)(H,13,15,18). The molecule has 0 radical (unpaired) electrons. The van der Waals surface area contributed by atoms with Crippen molar-refractivity contribution in [3.8, 4) is 5.69 Å². The molecular weight excluding hydrogens is 243 g/mol. The van der Waals surface area contributed by atoms with Crippen LogP contribution in [-0.2, 0) is 0 Å². The van der Waals surface area contributed by atoms with E-state index in [4.69, 9.17) is 5.11 Å². The van der Waals surface area contributed by atoms with Crippen LogP contribution in [-0.4, -0.2) is 20.6 Å². The van der Waals surface area contributed by atoms with Gasteiger partial charge in [-0.3, -0.25) is 14.3 Å². The normalized spacial score (nSPS) is 10.3. The summed E-state index contributed by atoms with van der Waals surface area (Å²) in [6.45, 7) is 0. The number of nitrogens with zero attached hydrogens (tertiary/aromatic N) is 1. The first kappa shape index (κ1) is 11.8. The molecule has 7 heteroatoms. The van der Waals surface area contributed by atoms with Crippen molar-refractivity contribution >= 4 is 5.97 Å². The molecule has 2 rings (SSSR count). The van der Waals surface area contributed by atoms with Crippen molar-refractivity contribution in [2.24, 2.45) is 0 Å². The van der Waals surface area contributed by atoms with E-state index in [-0.39, 0.29) is 5.69 Å². The van der Waals surface area contributed by atoms with Crippen LogP contribution in [0.1, 0.15) is 10.4 Å². The van der Waals surface area contributed by atoms with Gasteiger partial charge in [0.2, 0.25) is 0 Å². The van der Waals surface area contributed by atoms with Gasteiger partial charge in [-0.1, -0.05) is 6.07 Å². The molecule has 0 aliphatic heterocycles. The molecule has 0 atom stereocenters. The maximum absolute atomic E-state index is 13.0. The summed E-state index contributed by atoms with van der Waals surface area (Å²) in [4.78, 5) is 35.4. The largest absolute Gasteiger partial charge is 0.477 e. The summed E-state index contributed by atoms with van der Waals surface area (Å²) in [6.07, 6.45) is 0.859. The lowest BCUT2D eigenvalue weighted by molar-refractivity contribution is 0.0694. The first-order valence-electron chi connectivity index (χ1n) is 4.84. The Morgan fingerprint density at radius 1 is 1.33 bits per heavy atom. The smallest absolute Gasteiger partial charge is 0.342 e. The molecule has 1 heterocycles. The molecule has 0 saturated carbocycles. The average molecular weight is 250 g/mol. The van der Waals surface area contributed by atoms with Crippen LogP contribution in [0.4, 0.5) is 4.39 Å². The predicted octanol–water partition coefficient (Wildman–Crippen LogP) is 0.363. The van der Waals surface area contributed by atoms with Crippen LogP contribution in [0.5, 0.6) is 0 Å². The second-order valence-electron chi connectivity index (χ2n) is 3.46. The van der Waals surface area contributed by atoms with E-state index in [1.165, 1.54) is 18.2 Å². The van der Waals surface area contributed by atoms with Crippen molar-refractivity contribution in [3.63, 3.8) is 0 Å². The van der Waals surface area contributed by atoms with Crippen LogP contribution in [0.15, 0.2) is 40.1 Å². The number of aromatic amines is 1. The molecule has 0 aliphatic rings. The van der Waals surface area contributed by atoms with Crippen LogP contribution >= 0.6 is 0 Å². The highest BCUT2D eigenvalue weighted by molar-refractivity contribution is 5.86. The summed E-state index contributed by atoms with van der Waals surface area (Å²) in [5, 5.41) is 8.77. The van der Waals surface area contributed by atoms with E-state index >= 15 is 0 Å². The lowest BCUT2D eigenvalue weighted by Crippen LogP contribution is -2.32. The monoisotopic (exact) mass is 250 g/mol. The Labute approximate surface area is 98.9 Å². The van der Waals surface area contributed by atoms with Gasteiger partial charge in [0.25, 0.3) is 5.56 Å².